The molecule has 0 fully saturated rings. The molecule has 0 unspecified atom stereocenters. The summed E-state index contributed by atoms with van der Waals surface area (Å²) in [5.74, 6) is -0.673. The van der Waals surface area contributed by atoms with Crippen LogP contribution in [0.15, 0.2) is 66.7 Å². The molecule has 30 heavy (non-hydrogen) atoms. The van der Waals surface area contributed by atoms with Crippen molar-refractivity contribution < 1.29 is 14.3 Å². The number of ether oxygens (including phenoxy) is 1. The van der Waals surface area contributed by atoms with Gasteiger partial charge in [-0.05, 0) is 35.4 Å². The number of carbonyl (C=O) groups is 2. The third kappa shape index (κ3) is 4.33. The van der Waals surface area contributed by atoms with Crippen LogP contribution in [-0.2, 0) is 20.7 Å². The molecule has 152 valence electrons. The highest BCUT2D eigenvalue weighted by atomic mass is 32.1. The number of fused-ring (bicyclic) bond motifs is 2. The lowest BCUT2D eigenvalue weighted by atomic mass is 10.1. The average Bonchev–Trinajstić information content (AvgIpc) is 3.20. The first kappa shape index (κ1) is 20.0. The summed E-state index contributed by atoms with van der Waals surface area (Å²) >= 11 is 1.57. The number of thiazole rings is 1. The van der Waals surface area contributed by atoms with Gasteiger partial charge in [-0.3, -0.25) is 9.59 Å². The van der Waals surface area contributed by atoms with Gasteiger partial charge in [0.05, 0.1) is 22.7 Å². The topological polar surface area (TPSA) is 59.5 Å². The standard InChI is InChI=1S/C24H22N2O3S/c1-16(24-25-20-9-5-6-10-21(20)30-24)26(2)22(27)15-29-23(28)14-17-11-12-18-7-3-4-8-19(18)13-17/h3-13,16H,14-15H2,1-2H3/t16-/m1/s1. The predicted octanol–water partition coefficient (Wildman–Crippen LogP) is 4.75. The second-order valence-corrected chi connectivity index (χ2v) is 8.28. The number of benzene rings is 3. The Kier molecular flexibility index (Phi) is 5.77. The Morgan fingerprint density at radius 2 is 1.77 bits per heavy atom. The molecule has 0 saturated carbocycles. The molecular weight excluding hydrogens is 396 g/mol. The summed E-state index contributed by atoms with van der Waals surface area (Å²) in [5.41, 5.74) is 1.79. The van der Waals surface area contributed by atoms with Gasteiger partial charge in [0.1, 0.15) is 5.01 Å². The minimum Gasteiger partial charge on any atom is -0.455 e. The van der Waals surface area contributed by atoms with Gasteiger partial charge in [0.25, 0.3) is 5.91 Å². The minimum absolute atomic E-state index is 0.134. The van der Waals surface area contributed by atoms with Crippen molar-refractivity contribution in [1.29, 1.82) is 0 Å². The van der Waals surface area contributed by atoms with E-state index in [9.17, 15) is 9.59 Å². The molecule has 0 saturated heterocycles. The zero-order valence-electron chi connectivity index (χ0n) is 16.9. The molecule has 4 rings (SSSR count). The molecule has 0 bridgehead atoms. The van der Waals surface area contributed by atoms with E-state index in [0.29, 0.717) is 0 Å². The maximum absolute atomic E-state index is 12.5. The molecule has 3 aromatic carbocycles. The van der Waals surface area contributed by atoms with Crippen LogP contribution in [0.3, 0.4) is 0 Å². The van der Waals surface area contributed by atoms with Crippen molar-refractivity contribution in [3.8, 4) is 0 Å². The summed E-state index contributed by atoms with van der Waals surface area (Å²) in [6.07, 6.45) is 0.134. The largest absolute Gasteiger partial charge is 0.455 e. The number of hydrogen-bond acceptors (Lipinski definition) is 5. The van der Waals surface area contributed by atoms with E-state index in [-0.39, 0.29) is 25.0 Å². The second-order valence-electron chi connectivity index (χ2n) is 7.22. The van der Waals surface area contributed by atoms with Crippen molar-refractivity contribution in [3.63, 3.8) is 0 Å². The molecule has 1 amide bonds. The number of rotatable bonds is 6. The highest BCUT2D eigenvalue weighted by Gasteiger charge is 2.21. The van der Waals surface area contributed by atoms with Gasteiger partial charge in [0, 0.05) is 7.05 Å². The molecule has 0 aliphatic carbocycles. The van der Waals surface area contributed by atoms with Crippen LogP contribution in [0.1, 0.15) is 23.5 Å². The second kappa shape index (κ2) is 8.63. The SMILES string of the molecule is C[C@H](c1nc2ccccc2s1)N(C)C(=O)COC(=O)Cc1ccc2ccccc2c1. The highest BCUT2D eigenvalue weighted by molar-refractivity contribution is 7.18. The van der Waals surface area contributed by atoms with Gasteiger partial charge in [-0.1, -0.05) is 54.6 Å². The summed E-state index contributed by atoms with van der Waals surface area (Å²) in [6.45, 7) is 1.64. The quantitative estimate of drug-likeness (QED) is 0.424. The Hall–Kier alpha value is -3.25. The summed E-state index contributed by atoms with van der Waals surface area (Å²) in [5, 5.41) is 3.05. The van der Waals surface area contributed by atoms with Gasteiger partial charge in [0.2, 0.25) is 0 Å². The first-order valence-corrected chi connectivity index (χ1v) is 10.6. The molecule has 6 heteroatoms. The Morgan fingerprint density at radius 1 is 1.03 bits per heavy atom. The zero-order chi connectivity index (χ0) is 21.1. The number of aromatic nitrogens is 1. The maximum Gasteiger partial charge on any atom is 0.310 e. The Labute approximate surface area is 178 Å². The Morgan fingerprint density at radius 3 is 2.57 bits per heavy atom. The Balaban J connectivity index is 1.34. The lowest BCUT2D eigenvalue weighted by molar-refractivity contribution is -0.151. The van der Waals surface area contributed by atoms with E-state index >= 15 is 0 Å². The van der Waals surface area contributed by atoms with Crippen molar-refractivity contribution in [2.75, 3.05) is 13.7 Å². The fourth-order valence-electron chi connectivity index (χ4n) is 3.26. The molecule has 0 spiro atoms. The lowest BCUT2D eigenvalue weighted by Crippen LogP contribution is -2.33. The van der Waals surface area contributed by atoms with Crippen molar-refractivity contribution in [1.82, 2.24) is 9.88 Å². The van der Waals surface area contributed by atoms with Gasteiger partial charge < -0.3 is 9.64 Å². The Bertz CT molecular complexity index is 1180. The summed E-state index contributed by atoms with van der Waals surface area (Å²) < 4.78 is 6.32. The normalized spacial score (nSPS) is 12.1. The van der Waals surface area contributed by atoms with Crippen LogP contribution in [0.2, 0.25) is 0 Å². The molecule has 1 heterocycles. The van der Waals surface area contributed by atoms with Crippen molar-refractivity contribution in [2.24, 2.45) is 0 Å². The zero-order valence-corrected chi connectivity index (χ0v) is 17.7. The van der Waals surface area contributed by atoms with Crippen LogP contribution >= 0.6 is 11.3 Å². The van der Waals surface area contributed by atoms with E-state index in [0.717, 1.165) is 31.6 Å². The van der Waals surface area contributed by atoms with Gasteiger partial charge in [-0.2, -0.15) is 0 Å². The molecule has 0 aliphatic heterocycles. The number of amides is 1. The van der Waals surface area contributed by atoms with E-state index in [2.05, 4.69) is 4.98 Å². The van der Waals surface area contributed by atoms with Crippen molar-refractivity contribution in [3.05, 3.63) is 77.3 Å². The molecule has 4 aromatic rings. The van der Waals surface area contributed by atoms with E-state index < -0.39 is 5.97 Å². The fraction of sp³-hybridized carbons (Fsp3) is 0.208. The van der Waals surface area contributed by atoms with E-state index in [4.69, 9.17) is 4.74 Å². The lowest BCUT2D eigenvalue weighted by Gasteiger charge is -2.23. The smallest absolute Gasteiger partial charge is 0.310 e. The number of likely N-dealkylation sites (N-methyl/N-ethyl adjacent to an activating group) is 1. The van der Waals surface area contributed by atoms with Crippen LogP contribution in [0, 0.1) is 0 Å². The highest BCUT2D eigenvalue weighted by Crippen LogP contribution is 2.28. The number of para-hydroxylation sites is 1. The number of hydrogen-bond donors (Lipinski definition) is 0. The van der Waals surface area contributed by atoms with Crippen molar-refractivity contribution >= 4 is 44.2 Å². The molecular formula is C24H22N2O3S. The van der Waals surface area contributed by atoms with Crippen molar-refractivity contribution in [2.45, 2.75) is 19.4 Å². The number of nitrogens with zero attached hydrogens (tertiary/aromatic N) is 2. The molecule has 5 nitrogen and oxygen atoms in total. The summed E-state index contributed by atoms with van der Waals surface area (Å²) in [4.78, 5) is 30.9. The van der Waals surface area contributed by atoms with Crippen LogP contribution in [-0.4, -0.2) is 35.4 Å². The average molecular weight is 419 g/mol. The first-order chi connectivity index (χ1) is 14.5. The summed E-state index contributed by atoms with van der Waals surface area (Å²) in [6, 6.07) is 21.5. The molecule has 0 N–H and O–H groups in total. The van der Waals surface area contributed by atoms with Crippen LogP contribution in [0.5, 0.6) is 0 Å². The number of carbonyl (C=O) groups excluding carboxylic acids is 2. The summed E-state index contributed by atoms with van der Waals surface area (Å²) in [7, 11) is 1.70. The van der Waals surface area contributed by atoms with Gasteiger partial charge >= 0.3 is 5.97 Å². The third-order valence-electron chi connectivity index (χ3n) is 5.16. The van der Waals surface area contributed by atoms with E-state index in [1.165, 1.54) is 0 Å². The van der Waals surface area contributed by atoms with Crippen LogP contribution in [0.4, 0.5) is 0 Å². The monoisotopic (exact) mass is 418 g/mol. The molecule has 0 radical (unpaired) electrons. The number of esters is 1. The van der Waals surface area contributed by atoms with Crippen LogP contribution < -0.4 is 0 Å². The molecule has 0 aliphatic rings. The van der Waals surface area contributed by atoms with Gasteiger partial charge in [0.15, 0.2) is 6.61 Å². The van der Waals surface area contributed by atoms with Gasteiger partial charge in [-0.25, -0.2) is 4.98 Å². The molecule has 1 aromatic heterocycles. The predicted molar refractivity (Wildman–Crippen MR) is 119 cm³/mol. The van der Waals surface area contributed by atoms with E-state index in [1.807, 2.05) is 73.7 Å². The van der Waals surface area contributed by atoms with E-state index in [1.54, 1.807) is 23.3 Å². The maximum atomic E-state index is 12.5. The minimum atomic E-state index is -0.417. The first-order valence-electron chi connectivity index (χ1n) is 9.75. The third-order valence-corrected chi connectivity index (χ3v) is 6.37. The fourth-order valence-corrected chi connectivity index (χ4v) is 4.32. The van der Waals surface area contributed by atoms with Gasteiger partial charge in [-0.15, -0.1) is 11.3 Å². The van der Waals surface area contributed by atoms with Crippen LogP contribution in [0.25, 0.3) is 21.0 Å². The molecule has 1 atom stereocenters.